The summed E-state index contributed by atoms with van der Waals surface area (Å²) < 4.78 is 29.6. The van der Waals surface area contributed by atoms with Gasteiger partial charge in [-0.2, -0.15) is 0 Å². The van der Waals surface area contributed by atoms with Crippen LogP contribution in [0.4, 0.5) is 5.69 Å². The number of aromatic amines is 1. The minimum atomic E-state index is -3.87. The van der Waals surface area contributed by atoms with Crippen molar-refractivity contribution in [2.75, 3.05) is 4.72 Å². The van der Waals surface area contributed by atoms with Gasteiger partial charge < -0.3 is 4.98 Å². The van der Waals surface area contributed by atoms with E-state index in [0.29, 0.717) is 28.5 Å². The van der Waals surface area contributed by atoms with Gasteiger partial charge in [-0.3, -0.25) is 9.52 Å². The first kappa shape index (κ1) is 18.5. The van der Waals surface area contributed by atoms with Gasteiger partial charge in [-0.25, -0.2) is 18.1 Å². The summed E-state index contributed by atoms with van der Waals surface area (Å²) in [5.74, 6) is 0.358. The molecule has 0 saturated carbocycles. The van der Waals surface area contributed by atoms with Crippen molar-refractivity contribution in [3.05, 3.63) is 77.0 Å². The van der Waals surface area contributed by atoms with Gasteiger partial charge in [0.05, 0.1) is 10.6 Å². The Kier molecular flexibility index (Phi) is 4.64. The van der Waals surface area contributed by atoms with Gasteiger partial charge in [0.15, 0.2) is 0 Å². The first-order valence-corrected chi connectivity index (χ1v) is 9.94. The number of rotatable bonds is 5. The van der Waals surface area contributed by atoms with E-state index in [1.54, 1.807) is 43.3 Å². The highest BCUT2D eigenvalue weighted by atomic mass is 32.2. The standard InChI is InChI=1S/C18H15N7O3S/c1-12-8-17(26)21-18(20-12)13-4-2-5-14(9-13)22-29(27,28)16-7-3-6-15(10-16)25-11-19-23-24-25/h2-11,22H,1H3,(H,20,21,26). The van der Waals surface area contributed by atoms with Crippen molar-refractivity contribution in [1.29, 1.82) is 0 Å². The first-order chi connectivity index (χ1) is 13.9. The van der Waals surface area contributed by atoms with Gasteiger partial charge in [0.25, 0.3) is 15.6 Å². The summed E-state index contributed by atoms with van der Waals surface area (Å²) in [5.41, 5.74) is 1.70. The maximum absolute atomic E-state index is 12.8. The van der Waals surface area contributed by atoms with Gasteiger partial charge in [-0.15, -0.1) is 5.10 Å². The Morgan fingerprint density at radius 2 is 1.90 bits per heavy atom. The Balaban J connectivity index is 1.65. The summed E-state index contributed by atoms with van der Waals surface area (Å²) in [6, 6.07) is 14.2. The van der Waals surface area contributed by atoms with Crippen LogP contribution in [0.5, 0.6) is 0 Å². The second-order valence-electron chi connectivity index (χ2n) is 6.17. The number of tetrazole rings is 1. The molecule has 10 nitrogen and oxygen atoms in total. The molecule has 0 fully saturated rings. The topological polar surface area (TPSA) is 136 Å². The first-order valence-electron chi connectivity index (χ1n) is 8.45. The van der Waals surface area contributed by atoms with Gasteiger partial charge in [-0.05, 0) is 47.7 Å². The number of hydrogen-bond donors (Lipinski definition) is 2. The second-order valence-corrected chi connectivity index (χ2v) is 7.86. The molecule has 11 heteroatoms. The smallest absolute Gasteiger partial charge is 0.261 e. The van der Waals surface area contributed by atoms with E-state index < -0.39 is 10.0 Å². The normalized spacial score (nSPS) is 11.3. The third kappa shape index (κ3) is 4.04. The SMILES string of the molecule is Cc1cc(=O)[nH]c(-c2cccc(NS(=O)(=O)c3cccc(-n4cnnn4)c3)c2)n1. The molecule has 0 aliphatic rings. The molecule has 29 heavy (non-hydrogen) atoms. The highest BCUT2D eigenvalue weighted by molar-refractivity contribution is 7.92. The number of aromatic nitrogens is 6. The number of H-pyrrole nitrogens is 1. The summed E-state index contributed by atoms with van der Waals surface area (Å²) in [6.07, 6.45) is 1.37. The van der Waals surface area contributed by atoms with Crippen molar-refractivity contribution in [3.63, 3.8) is 0 Å². The van der Waals surface area contributed by atoms with E-state index in [1.165, 1.54) is 29.2 Å². The average molecular weight is 409 g/mol. The van der Waals surface area contributed by atoms with Crippen LogP contribution in [0.1, 0.15) is 5.69 Å². The van der Waals surface area contributed by atoms with Crippen LogP contribution < -0.4 is 10.3 Å². The number of benzene rings is 2. The average Bonchev–Trinajstić information content (AvgIpc) is 3.22. The molecule has 4 aromatic rings. The zero-order valence-corrected chi connectivity index (χ0v) is 16.0. The molecule has 0 aliphatic heterocycles. The highest BCUT2D eigenvalue weighted by Gasteiger charge is 2.16. The molecule has 2 heterocycles. The fourth-order valence-corrected chi connectivity index (χ4v) is 3.82. The van der Waals surface area contributed by atoms with Crippen LogP contribution in [-0.2, 0) is 10.0 Å². The van der Waals surface area contributed by atoms with E-state index in [2.05, 4.69) is 30.2 Å². The predicted molar refractivity (Wildman–Crippen MR) is 105 cm³/mol. The summed E-state index contributed by atoms with van der Waals surface area (Å²) in [7, 11) is -3.87. The second kappa shape index (κ2) is 7.28. The van der Waals surface area contributed by atoms with E-state index in [1.807, 2.05) is 0 Å². The molecule has 0 saturated heterocycles. The van der Waals surface area contributed by atoms with Crippen LogP contribution in [0.2, 0.25) is 0 Å². The lowest BCUT2D eigenvalue weighted by Gasteiger charge is -2.10. The number of sulfonamides is 1. The largest absolute Gasteiger partial charge is 0.307 e. The van der Waals surface area contributed by atoms with Crippen molar-refractivity contribution in [3.8, 4) is 17.1 Å². The monoisotopic (exact) mass is 409 g/mol. The molecule has 2 aromatic heterocycles. The fourth-order valence-electron chi connectivity index (χ4n) is 2.73. The Morgan fingerprint density at radius 3 is 2.66 bits per heavy atom. The molecule has 4 rings (SSSR count). The molecule has 146 valence electrons. The van der Waals surface area contributed by atoms with E-state index in [9.17, 15) is 13.2 Å². The van der Waals surface area contributed by atoms with Crippen molar-refractivity contribution in [2.45, 2.75) is 11.8 Å². The van der Waals surface area contributed by atoms with Crippen LogP contribution >= 0.6 is 0 Å². The third-order valence-electron chi connectivity index (χ3n) is 4.00. The number of hydrogen-bond acceptors (Lipinski definition) is 7. The van der Waals surface area contributed by atoms with Gasteiger partial charge in [0.1, 0.15) is 12.2 Å². The van der Waals surface area contributed by atoms with Crippen LogP contribution in [0.25, 0.3) is 17.1 Å². The number of anilines is 1. The Bertz CT molecular complexity index is 1330. The van der Waals surface area contributed by atoms with Crippen LogP contribution in [-0.4, -0.2) is 38.6 Å². The van der Waals surface area contributed by atoms with E-state index in [0.717, 1.165) is 0 Å². The van der Waals surface area contributed by atoms with Gasteiger partial charge in [0.2, 0.25) is 0 Å². The number of nitrogens with one attached hydrogen (secondary N) is 2. The lowest BCUT2D eigenvalue weighted by Crippen LogP contribution is -2.14. The lowest BCUT2D eigenvalue weighted by molar-refractivity contribution is 0.601. The molecule has 2 aromatic carbocycles. The van der Waals surface area contributed by atoms with Crippen LogP contribution in [0.15, 0.2) is 70.6 Å². The molecule has 0 unspecified atom stereocenters. The highest BCUT2D eigenvalue weighted by Crippen LogP contribution is 2.22. The summed E-state index contributed by atoms with van der Waals surface area (Å²) >= 11 is 0. The predicted octanol–water partition coefficient (Wildman–Crippen LogP) is 1.52. The zero-order chi connectivity index (χ0) is 20.4. The minimum Gasteiger partial charge on any atom is -0.307 e. The van der Waals surface area contributed by atoms with Crippen molar-refractivity contribution in [2.24, 2.45) is 0 Å². The van der Waals surface area contributed by atoms with Crippen molar-refractivity contribution >= 4 is 15.7 Å². The molecule has 0 radical (unpaired) electrons. The Hall–Kier alpha value is -3.86. The van der Waals surface area contributed by atoms with Crippen molar-refractivity contribution in [1.82, 2.24) is 30.2 Å². The van der Waals surface area contributed by atoms with Gasteiger partial charge in [-0.1, -0.05) is 18.2 Å². The lowest BCUT2D eigenvalue weighted by atomic mass is 10.2. The maximum atomic E-state index is 12.8. The zero-order valence-electron chi connectivity index (χ0n) is 15.1. The molecular weight excluding hydrogens is 394 g/mol. The summed E-state index contributed by atoms with van der Waals surface area (Å²) in [4.78, 5) is 18.7. The maximum Gasteiger partial charge on any atom is 0.261 e. The Labute approximate surface area is 165 Å². The molecule has 0 spiro atoms. The fraction of sp³-hybridized carbons (Fsp3) is 0.0556. The van der Waals surface area contributed by atoms with E-state index in [-0.39, 0.29) is 10.5 Å². The number of aryl methyl sites for hydroxylation is 1. The quantitative estimate of drug-likeness (QED) is 0.510. The molecule has 0 bridgehead atoms. The molecular formula is C18H15N7O3S. The summed E-state index contributed by atoms with van der Waals surface area (Å²) in [6.45, 7) is 1.71. The molecule has 0 atom stereocenters. The molecule has 0 amide bonds. The molecule has 2 N–H and O–H groups in total. The third-order valence-corrected chi connectivity index (χ3v) is 5.38. The molecule has 0 aliphatic carbocycles. The number of nitrogens with zero attached hydrogens (tertiary/aromatic N) is 5. The van der Waals surface area contributed by atoms with Crippen LogP contribution in [0, 0.1) is 6.92 Å². The van der Waals surface area contributed by atoms with Crippen LogP contribution in [0.3, 0.4) is 0 Å². The van der Waals surface area contributed by atoms with E-state index in [4.69, 9.17) is 0 Å². The summed E-state index contributed by atoms with van der Waals surface area (Å²) in [5, 5.41) is 10.8. The minimum absolute atomic E-state index is 0.0537. The van der Waals surface area contributed by atoms with Gasteiger partial charge >= 0.3 is 0 Å². The van der Waals surface area contributed by atoms with Crippen molar-refractivity contribution < 1.29 is 8.42 Å². The van der Waals surface area contributed by atoms with Gasteiger partial charge in [0, 0.05) is 23.0 Å². The Morgan fingerprint density at radius 1 is 1.07 bits per heavy atom. The van der Waals surface area contributed by atoms with E-state index >= 15 is 0 Å².